The van der Waals surface area contributed by atoms with Crippen LogP contribution >= 0.6 is 24.2 Å². The molecular formula is C7H4ClF3S. The van der Waals surface area contributed by atoms with E-state index in [4.69, 9.17) is 11.6 Å². The highest BCUT2D eigenvalue weighted by atomic mass is 35.5. The van der Waals surface area contributed by atoms with E-state index in [-0.39, 0.29) is 5.02 Å². The van der Waals surface area contributed by atoms with E-state index >= 15 is 0 Å². The number of hydrogen-bond donors (Lipinski definition) is 1. The first-order chi connectivity index (χ1) is 5.41. The molecule has 0 saturated heterocycles. The molecule has 0 aliphatic carbocycles. The molecule has 0 aromatic heterocycles. The highest BCUT2D eigenvalue weighted by Gasteiger charge is 2.30. The van der Waals surface area contributed by atoms with E-state index in [2.05, 4.69) is 12.6 Å². The van der Waals surface area contributed by atoms with Crippen molar-refractivity contribution in [1.29, 1.82) is 0 Å². The van der Waals surface area contributed by atoms with Gasteiger partial charge in [0, 0.05) is 4.90 Å². The van der Waals surface area contributed by atoms with Crippen molar-refractivity contribution in [2.75, 3.05) is 0 Å². The van der Waals surface area contributed by atoms with Crippen molar-refractivity contribution in [3.05, 3.63) is 28.8 Å². The van der Waals surface area contributed by atoms with E-state index in [1.54, 1.807) is 0 Å². The number of benzene rings is 1. The van der Waals surface area contributed by atoms with Gasteiger partial charge in [-0.25, -0.2) is 0 Å². The van der Waals surface area contributed by atoms with E-state index in [1.165, 1.54) is 6.07 Å². The van der Waals surface area contributed by atoms with Crippen molar-refractivity contribution in [2.45, 2.75) is 11.1 Å². The van der Waals surface area contributed by atoms with Crippen LogP contribution in [0.4, 0.5) is 13.2 Å². The van der Waals surface area contributed by atoms with Crippen LogP contribution in [0, 0.1) is 0 Å². The number of alkyl halides is 3. The number of halogens is 4. The Balaban J connectivity index is 3.14. The molecule has 0 fully saturated rings. The van der Waals surface area contributed by atoms with Crippen molar-refractivity contribution >= 4 is 24.2 Å². The summed E-state index contributed by atoms with van der Waals surface area (Å²) in [6, 6.07) is 3.01. The Hall–Kier alpha value is -0.350. The molecule has 0 radical (unpaired) electrons. The molecule has 1 aromatic carbocycles. The standard InChI is InChI=1S/C7H4ClF3S/c8-5-3-4(7(9,10)11)1-2-6(5)12/h1-3,12H. The lowest BCUT2D eigenvalue weighted by Gasteiger charge is -2.06. The zero-order valence-corrected chi connectivity index (χ0v) is 7.34. The Morgan fingerprint density at radius 1 is 1.25 bits per heavy atom. The molecule has 0 spiro atoms. The van der Waals surface area contributed by atoms with E-state index in [1.807, 2.05) is 0 Å². The maximum Gasteiger partial charge on any atom is 0.416 e. The van der Waals surface area contributed by atoms with Crippen LogP contribution in [0.3, 0.4) is 0 Å². The second-order valence-electron chi connectivity index (χ2n) is 2.16. The Kier molecular flexibility index (Phi) is 2.58. The van der Waals surface area contributed by atoms with Crippen LogP contribution in [0.1, 0.15) is 5.56 Å². The monoisotopic (exact) mass is 212 g/mol. The number of rotatable bonds is 0. The third-order valence-corrected chi connectivity index (χ3v) is 2.11. The van der Waals surface area contributed by atoms with Gasteiger partial charge in [-0.15, -0.1) is 12.6 Å². The first-order valence-corrected chi connectivity index (χ1v) is 3.79. The van der Waals surface area contributed by atoms with Crippen molar-refractivity contribution in [2.24, 2.45) is 0 Å². The molecule has 0 N–H and O–H groups in total. The molecule has 0 aliphatic heterocycles. The van der Waals surface area contributed by atoms with Gasteiger partial charge in [-0.1, -0.05) is 11.6 Å². The van der Waals surface area contributed by atoms with Crippen LogP contribution < -0.4 is 0 Å². The van der Waals surface area contributed by atoms with Crippen LogP contribution in [0.5, 0.6) is 0 Å². The molecule has 0 heterocycles. The molecular weight excluding hydrogens is 209 g/mol. The van der Waals surface area contributed by atoms with Gasteiger partial charge in [0.05, 0.1) is 10.6 Å². The molecule has 0 unspecified atom stereocenters. The summed E-state index contributed by atoms with van der Waals surface area (Å²) in [5.41, 5.74) is -0.759. The summed E-state index contributed by atoms with van der Waals surface area (Å²) in [5.74, 6) is 0. The lowest BCUT2D eigenvalue weighted by Crippen LogP contribution is -2.04. The maximum atomic E-state index is 12.0. The summed E-state index contributed by atoms with van der Waals surface area (Å²) in [6.07, 6.45) is -4.34. The number of hydrogen-bond acceptors (Lipinski definition) is 1. The number of thiol groups is 1. The molecule has 0 amide bonds. The van der Waals surface area contributed by atoms with E-state index < -0.39 is 11.7 Å². The van der Waals surface area contributed by atoms with Gasteiger partial charge in [0.1, 0.15) is 0 Å². The summed E-state index contributed by atoms with van der Waals surface area (Å²) >= 11 is 9.28. The molecule has 0 saturated carbocycles. The molecule has 0 nitrogen and oxygen atoms in total. The SMILES string of the molecule is FC(F)(F)c1ccc(S)c(Cl)c1. The predicted octanol–water partition coefficient (Wildman–Crippen LogP) is 3.65. The molecule has 12 heavy (non-hydrogen) atoms. The van der Waals surface area contributed by atoms with Crippen molar-refractivity contribution in [1.82, 2.24) is 0 Å². The van der Waals surface area contributed by atoms with Gasteiger partial charge < -0.3 is 0 Å². The third kappa shape index (κ3) is 2.08. The quantitative estimate of drug-likeness (QED) is 0.624. The lowest BCUT2D eigenvalue weighted by molar-refractivity contribution is -0.137. The zero-order valence-electron chi connectivity index (χ0n) is 5.69. The van der Waals surface area contributed by atoms with Gasteiger partial charge in [0.25, 0.3) is 0 Å². The fourth-order valence-electron chi connectivity index (χ4n) is 0.683. The molecule has 1 aromatic rings. The Morgan fingerprint density at radius 3 is 2.25 bits per heavy atom. The van der Waals surface area contributed by atoms with E-state index in [9.17, 15) is 13.2 Å². The van der Waals surface area contributed by atoms with Crippen LogP contribution in [0.15, 0.2) is 23.1 Å². The molecule has 0 atom stereocenters. The smallest absolute Gasteiger partial charge is 0.166 e. The van der Waals surface area contributed by atoms with Gasteiger partial charge in [0.15, 0.2) is 0 Å². The van der Waals surface area contributed by atoms with Gasteiger partial charge in [0.2, 0.25) is 0 Å². The van der Waals surface area contributed by atoms with Crippen LogP contribution in [-0.4, -0.2) is 0 Å². The molecule has 66 valence electrons. The lowest BCUT2D eigenvalue weighted by atomic mass is 10.2. The highest BCUT2D eigenvalue weighted by molar-refractivity contribution is 7.80. The second kappa shape index (κ2) is 3.18. The summed E-state index contributed by atoms with van der Waals surface area (Å²) in [5, 5.41) is 0.00755. The van der Waals surface area contributed by atoms with Crippen molar-refractivity contribution < 1.29 is 13.2 Å². The second-order valence-corrected chi connectivity index (χ2v) is 3.05. The minimum atomic E-state index is -4.34. The molecule has 0 bridgehead atoms. The fraction of sp³-hybridized carbons (Fsp3) is 0.143. The zero-order chi connectivity index (χ0) is 9.35. The minimum Gasteiger partial charge on any atom is -0.166 e. The molecule has 1 rings (SSSR count). The largest absolute Gasteiger partial charge is 0.416 e. The van der Waals surface area contributed by atoms with Crippen LogP contribution in [0.25, 0.3) is 0 Å². The summed E-state index contributed by atoms with van der Waals surface area (Å²) in [4.78, 5) is 0.338. The highest BCUT2D eigenvalue weighted by Crippen LogP contribution is 2.32. The maximum absolute atomic E-state index is 12.0. The predicted molar refractivity (Wildman–Crippen MR) is 43.7 cm³/mol. The van der Waals surface area contributed by atoms with E-state index in [0.29, 0.717) is 4.90 Å². The molecule has 0 aliphatic rings. The van der Waals surface area contributed by atoms with Crippen LogP contribution in [-0.2, 0) is 6.18 Å². The molecule has 5 heteroatoms. The Morgan fingerprint density at radius 2 is 1.83 bits per heavy atom. The van der Waals surface area contributed by atoms with Gasteiger partial charge in [-0.3, -0.25) is 0 Å². The normalized spacial score (nSPS) is 11.8. The average Bonchev–Trinajstić information content (AvgIpc) is 1.92. The van der Waals surface area contributed by atoms with E-state index in [0.717, 1.165) is 12.1 Å². The first kappa shape index (κ1) is 9.74. The summed E-state index contributed by atoms with van der Waals surface area (Å²) in [6.45, 7) is 0. The first-order valence-electron chi connectivity index (χ1n) is 2.97. The third-order valence-electron chi connectivity index (χ3n) is 1.28. The average molecular weight is 213 g/mol. The Bertz CT molecular complexity index is 295. The fourth-order valence-corrected chi connectivity index (χ4v) is 1.00. The van der Waals surface area contributed by atoms with Crippen LogP contribution in [0.2, 0.25) is 5.02 Å². The van der Waals surface area contributed by atoms with Gasteiger partial charge >= 0.3 is 6.18 Å². The minimum absolute atomic E-state index is 0.00755. The van der Waals surface area contributed by atoms with Gasteiger partial charge in [-0.05, 0) is 18.2 Å². The van der Waals surface area contributed by atoms with Gasteiger partial charge in [-0.2, -0.15) is 13.2 Å². The Labute approximate surface area is 77.8 Å². The topological polar surface area (TPSA) is 0 Å². The van der Waals surface area contributed by atoms with Crippen molar-refractivity contribution in [3.63, 3.8) is 0 Å². The van der Waals surface area contributed by atoms with Crippen molar-refractivity contribution in [3.8, 4) is 0 Å². The summed E-state index contributed by atoms with van der Waals surface area (Å²) in [7, 11) is 0. The summed E-state index contributed by atoms with van der Waals surface area (Å²) < 4.78 is 36.0.